The average molecular weight is 345 g/mol. The Kier molecular flexibility index (Phi) is 4.76. The third-order valence-corrected chi connectivity index (χ3v) is 3.51. The van der Waals surface area contributed by atoms with E-state index in [4.69, 9.17) is 5.73 Å². The van der Waals surface area contributed by atoms with Crippen molar-refractivity contribution < 1.29 is 9.90 Å². The highest BCUT2D eigenvalue weighted by molar-refractivity contribution is 5.96. The predicted octanol–water partition coefficient (Wildman–Crippen LogP) is 1.78. The smallest absolute Gasteiger partial charge is 0.271 e. The van der Waals surface area contributed by atoms with Gasteiger partial charge in [-0.05, 0) is 24.3 Å². The molecule has 26 heavy (non-hydrogen) atoms. The first-order valence-corrected chi connectivity index (χ1v) is 7.69. The van der Waals surface area contributed by atoms with Crippen LogP contribution in [0.2, 0.25) is 0 Å². The molecule has 0 aliphatic carbocycles. The molecule has 0 radical (unpaired) electrons. The zero-order valence-corrected chi connectivity index (χ0v) is 13.9. The summed E-state index contributed by atoms with van der Waals surface area (Å²) >= 11 is 0. The number of pyridine rings is 1. The minimum absolute atomic E-state index is 0.187. The van der Waals surface area contributed by atoms with Gasteiger partial charge in [-0.25, -0.2) is 9.97 Å². The Morgan fingerprint density at radius 1 is 1.12 bits per heavy atom. The molecular formula is C19H15N5O2. The van der Waals surface area contributed by atoms with Crippen molar-refractivity contribution in [3.8, 4) is 28.8 Å². The number of amides is 1. The molecule has 0 bridgehead atoms. The van der Waals surface area contributed by atoms with Crippen molar-refractivity contribution in [3.05, 3.63) is 65.6 Å². The minimum Gasteiger partial charge on any atom is -0.504 e. The second-order valence-electron chi connectivity index (χ2n) is 5.28. The molecule has 7 nitrogen and oxygen atoms in total. The van der Waals surface area contributed by atoms with Gasteiger partial charge in [0.25, 0.3) is 5.91 Å². The molecule has 1 aromatic carbocycles. The van der Waals surface area contributed by atoms with Crippen molar-refractivity contribution in [1.82, 2.24) is 15.0 Å². The van der Waals surface area contributed by atoms with Gasteiger partial charge in [0.15, 0.2) is 11.4 Å². The molecule has 0 saturated heterocycles. The van der Waals surface area contributed by atoms with E-state index in [2.05, 4.69) is 32.1 Å². The van der Waals surface area contributed by atoms with Crippen LogP contribution < -0.4 is 11.1 Å². The van der Waals surface area contributed by atoms with Gasteiger partial charge in [0, 0.05) is 36.1 Å². The number of rotatable bonds is 3. The van der Waals surface area contributed by atoms with Gasteiger partial charge in [0.1, 0.15) is 5.69 Å². The van der Waals surface area contributed by atoms with Gasteiger partial charge >= 0.3 is 0 Å². The van der Waals surface area contributed by atoms with Gasteiger partial charge in [-0.1, -0.05) is 24.0 Å². The first-order valence-electron chi connectivity index (χ1n) is 7.69. The Hall–Kier alpha value is -3.92. The van der Waals surface area contributed by atoms with E-state index < -0.39 is 5.91 Å². The fourth-order valence-corrected chi connectivity index (χ4v) is 2.23. The van der Waals surface area contributed by atoms with Gasteiger partial charge < -0.3 is 16.2 Å². The minimum atomic E-state index is -0.832. The van der Waals surface area contributed by atoms with Crippen molar-refractivity contribution in [2.75, 3.05) is 12.4 Å². The number of nitrogens with zero attached hydrogens (tertiary/aromatic N) is 3. The van der Waals surface area contributed by atoms with Crippen LogP contribution in [-0.2, 0) is 0 Å². The van der Waals surface area contributed by atoms with Crippen molar-refractivity contribution in [2.24, 2.45) is 5.73 Å². The molecule has 4 N–H and O–H groups in total. The number of anilines is 1. The van der Waals surface area contributed by atoms with E-state index in [9.17, 15) is 9.90 Å². The van der Waals surface area contributed by atoms with Crippen molar-refractivity contribution in [3.63, 3.8) is 0 Å². The standard InChI is InChI=1S/C19H15N5O2/c1-21-19-23-15(17(25)16(24-19)18(20)26)14-8-6-12(7-9-14)4-5-13-3-2-10-22-11-13/h2-3,6-11,25H,1H3,(H2,20,26)(H,21,23,24). The maximum absolute atomic E-state index is 11.5. The lowest BCUT2D eigenvalue weighted by Crippen LogP contribution is -2.15. The molecule has 0 fully saturated rings. The zero-order valence-electron chi connectivity index (χ0n) is 13.9. The number of aromatic hydroxyl groups is 1. The molecule has 3 aromatic rings. The molecule has 7 heteroatoms. The van der Waals surface area contributed by atoms with E-state index in [1.54, 1.807) is 43.7 Å². The number of carbonyl (C=O) groups excluding carboxylic acids is 1. The SMILES string of the molecule is CNc1nc(C(N)=O)c(O)c(-c2ccc(C#Cc3cccnc3)cc2)n1. The Labute approximate surface area is 150 Å². The summed E-state index contributed by atoms with van der Waals surface area (Å²) in [7, 11) is 1.61. The summed E-state index contributed by atoms with van der Waals surface area (Å²) < 4.78 is 0. The molecule has 2 aromatic heterocycles. The van der Waals surface area contributed by atoms with Crippen LogP contribution in [-0.4, -0.2) is 33.0 Å². The normalized spacial score (nSPS) is 9.88. The van der Waals surface area contributed by atoms with E-state index in [0.717, 1.165) is 11.1 Å². The third kappa shape index (κ3) is 3.60. The molecule has 3 rings (SSSR count). The zero-order chi connectivity index (χ0) is 18.5. The van der Waals surface area contributed by atoms with Crippen LogP contribution in [0.5, 0.6) is 5.75 Å². The predicted molar refractivity (Wildman–Crippen MR) is 97.4 cm³/mol. The van der Waals surface area contributed by atoms with Crippen molar-refractivity contribution >= 4 is 11.9 Å². The lowest BCUT2D eigenvalue weighted by atomic mass is 10.1. The summed E-state index contributed by atoms with van der Waals surface area (Å²) in [6, 6.07) is 10.8. The highest BCUT2D eigenvalue weighted by Crippen LogP contribution is 2.30. The molecule has 0 aliphatic rings. The highest BCUT2D eigenvalue weighted by atomic mass is 16.3. The number of hydrogen-bond donors (Lipinski definition) is 3. The second kappa shape index (κ2) is 7.32. The fourth-order valence-electron chi connectivity index (χ4n) is 2.23. The largest absolute Gasteiger partial charge is 0.504 e. The van der Waals surface area contributed by atoms with E-state index >= 15 is 0 Å². The van der Waals surface area contributed by atoms with E-state index in [1.165, 1.54) is 0 Å². The quantitative estimate of drug-likeness (QED) is 0.624. The van der Waals surface area contributed by atoms with E-state index in [0.29, 0.717) is 5.56 Å². The Morgan fingerprint density at radius 2 is 1.85 bits per heavy atom. The maximum atomic E-state index is 11.5. The topological polar surface area (TPSA) is 114 Å². The van der Waals surface area contributed by atoms with E-state index in [1.807, 2.05) is 12.1 Å². The summed E-state index contributed by atoms with van der Waals surface area (Å²) in [5.41, 5.74) is 7.45. The lowest BCUT2D eigenvalue weighted by Gasteiger charge is -2.09. The van der Waals surface area contributed by atoms with Gasteiger partial charge in [-0.2, -0.15) is 0 Å². The number of primary amides is 1. The van der Waals surface area contributed by atoms with Crippen molar-refractivity contribution in [1.29, 1.82) is 0 Å². The summed E-state index contributed by atoms with van der Waals surface area (Å²) in [5, 5.41) is 13.0. The van der Waals surface area contributed by atoms with Crippen LogP contribution in [0.25, 0.3) is 11.3 Å². The molecule has 2 heterocycles. The summed E-state index contributed by atoms with van der Waals surface area (Å²) in [4.78, 5) is 23.6. The Balaban J connectivity index is 1.95. The number of hydrogen-bond acceptors (Lipinski definition) is 6. The van der Waals surface area contributed by atoms with Crippen LogP contribution in [0.3, 0.4) is 0 Å². The number of carbonyl (C=O) groups is 1. The molecule has 128 valence electrons. The van der Waals surface area contributed by atoms with Crippen LogP contribution in [0, 0.1) is 11.8 Å². The Morgan fingerprint density at radius 3 is 2.46 bits per heavy atom. The summed E-state index contributed by atoms with van der Waals surface area (Å²) in [6.45, 7) is 0. The first kappa shape index (κ1) is 16.9. The van der Waals surface area contributed by atoms with Gasteiger partial charge in [0.05, 0.1) is 0 Å². The summed E-state index contributed by atoms with van der Waals surface area (Å²) in [5.74, 6) is 5.05. The average Bonchev–Trinajstić information content (AvgIpc) is 2.67. The number of aromatic nitrogens is 3. The van der Waals surface area contributed by atoms with Gasteiger partial charge in [-0.3, -0.25) is 9.78 Å². The third-order valence-electron chi connectivity index (χ3n) is 3.51. The number of nitrogens with one attached hydrogen (secondary N) is 1. The number of benzene rings is 1. The molecular weight excluding hydrogens is 330 g/mol. The summed E-state index contributed by atoms with van der Waals surface area (Å²) in [6.07, 6.45) is 3.37. The van der Waals surface area contributed by atoms with Gasteiger partial charge in [0.2, 0.25) is 5.95 Å². The van der Waals surface area contributed by atoms with Crippen LogP contribution in [0.15, 0.2) is 48.8 Å². The molecule has 0 unspecified atom stereocenters. The van der Waals surface area contributed by atoms with Gasteiger partial charge in [-0.15, -0.1) is 0 Å². The lowest BCUT2D eigenvalue weighted by molar-refractivity contribution is 0.0992. The molecule has 0 spiro atoms. The maximum Gasteiger partial charge on any atom is 0.271 e. The molecule has 0 atom stereocenters. The van der Waals surface area contributed by atoms with Crippen LogP contribution >= 0.6 is 0 Å². The van der Waals surface area contributed by atoms with Crippen LogP contribution in [0.1, 0.15) is 21.6 Å². The monoisotopic (exact) mass is 345 g/mol. The van der Waals surface area contributed by atoms with Crippen molar-refractivity contribution in [2.45, 2.75) is 0 Å². The Bertz CT molecular complexity index is 1010. The van der Waals surface area contributed by atoms with E-state index in [-0.39, 0.29) is 23.1 Å². The highest BCUT2D eigenvalue weighted by Gasteiger charge is 2.18. The molecule has 0 saturated carbocycles. The number of nitrogens with two attached hydrogens (primary N) is 1. The first-order chi connectivity index (χ1) is 12.6. The fraction of sp³-hybridized carbons (Fsp3) is 0.0526. The molecule has 0 aliphatic heterocycles. The second-order valence-corrected chi connectivity index (χ2v) is 5.28. The molecule has 1 amide bonds. The van der Waals surface area contributed by atoms with Crippen LogP contribution in [0.4, 0.5) is 5.95 Å².